The first-order valence-corrected chi connectivity index (χ1v) is 10.3. The highest BCUT2D eigenvalue weighted by Gasteiger charge is 2.45. The number of hydrogen-bond acceptors (Lipinski definition) is 4. The van der Waals surface area contributed by atoms with Crippen molar-refractivity contribution in [2.75, 3.05) is 13.1 Å². The minimum absolute atomic E-state index is 0.308. The Morgan fingerprint density at radius 1 is 1.07 bits per heavy atom. The van der Waals surface area contributed by atoms with Crippen LogP contribution >= 0.6 is 0 Å². The molecular weight excluding hydrogens is 346 g/mol. The molecule has 1 saturated heterocycles. The van der Waals surface area contributed by atoms with E-state index >= 15 is 0 Å². The first-order valence-electron chi connectivity index (χ1n) is 10.3. The summed E-state index contributed by atoms with van der Waals surface area (Å²) in [6.07, 6.45) is 9.23. The molecule has 5 rings (SSSR count). The largest absolute Gasteiger partial charge is 0.468 e. The third kappa shape index (κ3) is 3.38. The van der Waals surface area contributed by atoms with Crippen LogP contribution in [0, 0.1) is 0 Å². The Hall–Kier alpha value is -2.43. The number of nitrogens with one attached hydrogen (secondary N) is 1. The van der Waals surface area contributed by atoms with E-state index in [1.807, 2.05) is 30.6 Å². The second-order valence-electron chi connectivity index (χ2n) is 8.22. The molecule has 2 aromatic heterocycles. The van der Waals surface area contributed by atoms with Gasteiger partial charge in [0, 0.05) is 25.0 Å². The summed E-state index contributed by atoms with van der Waals surface area (Å²) in [4.78, 5) is 6.84. The van der Waals surface area contributed by atoms with Gasteiger partial charge in [0.25, 0.3) is 0 Å². The van der Waals surface area contributed by atoms with Gasteiger partial charge in [-0.3, -0.25) is 9.88 Å². The van der Waals surface area contributed by atoms with Gasteiger partial charge < -0.3 is 9.73 Å². The lowest BCUT2D eigenvalue weighted by Gasteiger charge is -2.40. The third-order valence-corrected chi connectivity index (χ3v) is 6.55. The Morgan fingerprint density at radius 2 is 1.96 bits per heavy atom. The van der Waals surface area contributed by atoms with Crippen molar-refractivity contribution in [1.29, 1.82) is 0 Å². The van der Waals surface area contributed by atoms with Crippen molar-refractivity contribution in [2.45, 2.75) is 43.8 Å². The molecule has 28 heavy (non-hydrogen) atoms. The molecule has 0 saturated carbocycles. The SMILES string of the molecule is c1cncc(CN2CCC3(CC2)CC(NCc2ccco2)c2ccccc23)c1. The molecule has 0 bridgehead atoms. The van der Waals surface area contributed by atoms with Gasteiger partial charge in [0.1, 0.15) is 5.76 Å². The van der Waals surface area contributed by atoms with Crippen LogP contribution in [0.5, 0.6) is 0 Å². The van der Waals surface area contributed by atoms with E-state index in [2.05, 4.69) is 45.5 Å². The van der Waals surface area contributed by atoms with Gasteiger partial charge in [-0.15, -0.1) is 0 Å². The molecule has 0 radical (unpaired) electrons. The van der Waals surface area contributed by atoms with Crippen LogP contribution in [0.25, 0.3) is 0 Å². The molecule has 1 aromatic carbocycles. The van der Waals surface area contributed by atoms with Gasteiger partial charge in [-0.05, 0) is 72.7 Å². The molecule has 4 nitrogen and oxygen atoms in total. The third-order valence-electron chi connectivity index (χ3n) is 6.55. The first-order chi connectivity index (χ1) is 13.8. The first kappa shape index (κ1) is 17.7. The molecule has 3 heterocycles. The van der Waals surface area contributed by atoms with Crippen molar-refractivity contribution >= 4 is 0 Å². The molecule has 1 aliphatic heterocycles. The highest BCUT2D eigenvalue weighted by Crippen LogP contribution is 2.50. The summed E-state index contributed by atoms with van der Waals surface area (Å²) in [6.45, 7) is 4.09. The number of rotatable bonds is 5. The van der Waals surface area contributed by atoms with E-state index in [1.54, 1.807) is 11.8 Å². The number of likely N-dealkylation sites (tertiary alicyclic amines) is 1. The summed E-state index contributed by atoms with van der Waals surface area (Å²) in [5.41, 5.74) is 4.66. The van der Waals surface area contributed by atoms with Gasteiger partial charge in [-0.1, -0.05) is 30.3 Å². The van der Waals surface area contributed by atoms with Crippen LogP contribution in [-0.4, -0.2) is 23.0 Å². The number of benzene rings is 1. The maximum absolute atomic E-state index is 5.51. The maximum Gasteiger partial charge on any atom is 0.117 e. The van der Waals surface area contributed by atoms with E-state index in [-0.39, 0.29) is 0 Å². The molecule has 3 aromatic rings. The van der Waals surface area contributed by atoms with Crippen molar-refractivity contribution in [1.82, 2.24) is 15.2 Å². The van der Waals surface area contributed by atoms with Crippen LogP contribution in [0.15, 0.2) is 71.6 Å². The van der Waals surface area contributed by atoms with Gasteiger partial charge in [0.15, 0.2) is 0 Å². The highest BCUT2D eigenvalue weighted by atomic mass is 16.3. The number of hydrogen-bond donors (Lipinski definition) is 1. The van der Waals surface area contributed by atoms with Crippen LogP contribution in [0.4, 0.5) is 0 Å². The van der Waals surface area contributed by atoms with Crippen molar-refractivity contribution in [2.24, 2.45) is 0 Å². The fourth-order valence-corrected chi connectivity index (χ4v) is 5.08. The number of piperidine rings is 1. The lowest BCUT2D eigenvalue weighted by molar-refractivity contribution is 0.146. The Labute approximate surface area is 166 Å². The van der Waals surface area contributed by atoms with Crippen LogP contribution < -0.4 is 5.32 Å². The standard InChI is InChI=1S/C24H27N3O/c1-2-8-22-21(7-1)23(26-17-20-6-4-14-28-20)15-24(22)9-12-27(13-10-24)18-19-5-3-11-25-16-19/h1-8,11,14,16,23,26H,9-10,12-13,15,17-18H2. The van der Waals surface area contributed by atoms with E-state index in [0.717, 1.165) is 31.9 Å². The van der Waals surface area contributed by atoms with Gasteiger partial charge >= 0.3 is 0 Å². The van der Waals surface area contributed by atoms with Crippen LogP contribution in [0.3, 0.4) is 0 Å². The van der Waals surface area contributed by atoms with E-state index in [0.29, 0.717) is 11.5 Å². The molecule has 4 heteroatoms. The Balaban J connectivity index is 1.29. The average molecular weight is 374 g/mol. The summed E-state index contributed by atoms with van der Waals surface area (Å²) in [5, 5.41) is 3.75. The summed E-state index contributed by atoms with van der Waals surface area (Å²) < 4.78 is 5.51. The molecular formula is C24H27N3O. The summed E-state index contributed by atoms with van der Waals surface area (Å²) in [6, 6.07) is 17.7. The quantitative estimate of drug-likeness (QED) is 0.718. The molecule has 1 atom stereocenters. The molecule has 1 N–H and O–H groups in total. The average Bonchev–Trinajstić information content (AvgIpc) is 3.36. The second kappa shape index (κ2) is 7.53. The zero-order chi connectivity index (χ0) is 18.8. The van der Waals surface area contributed by atoms with Gasteiger partial charge in [0.05, 0.1) is 12.8 Å². The number of nitrogens with zero attached hydrogens (tertiary/aromatic N) is 2. The van der Waals surface area contributed by atoms with Gasteiger partial charge in [0.2, 0.25) is 0 Å². The fourth-order valence-electron chi connectivity index (χ4n) is 5.08. The molecule has 2 aliphatic rings. The normalized spacial score (nSPS) is 21.1. The summed E-state index contributed by atoms with van der Waals surface area (Å²) >= 11 is 0. The van der Waals surface area contributed by atoms with Gasteiger partial charge in [-0.25, -0.2) is 0 Å². The fraction of sp³-hybridized carbons (Fsp3) is 0.375. The van der Waals surface area contributed by atoms with Crippen molar-refractivity contribution in [3.63, 3.8) is 0 Å². The topological polar surface area (TPSA) is 41.3 Å². The molecule has 1 fully saturated rings. The zero-order valence-corrected chi connectivity index (χ0v) is 16.2. The van der Waals surface area contributed by atoms with Crippen LogP contribution in [0.2, 0.25) is 0 Å². The van der Waals surface area contributed by atoms with E-state index < -0.39 is 0 Å². The second-order valence-corrected chi connectivity index (χ2v) is 8.22. The highest BCUT2D eigenvalue weighted by molar-refractivity contribution is 5.42. The van der Waals surface area contributed by atoms with E-state index in [4.69, 9.17) is 4.42 Å². The molecule has 0 amide bonds. The molecule has 1 spiro atoms. The number of furan rings is 1. The molecule has 1 unspecified atom stereocenters. The maximum atomic E-state index is 5.51. The Bertz CT molecular complexity index is 899. The van der Waals surface area contributed by atoms with Crippen LogP contribution in [0.1, 0.15) is 47.8 Å². The zero-order valence-electron chi connectivity index (χ0n) is 16.2. The Kier molecular flexibility index (Phi) is 4.75. The number of fused-ring (bicyclic) bond motifs is 2. The monoisotopic (exact) mass is 373 g/mol. The summed E-state index contributed by atoms with van der Waals surface area (Å²) in [7, 11) is 0. The van der Waals surface area contributed by atoms with Crippen molar-refractivity contribution in [3.8, 4) is 0 Å². The Morgan fingerprint density at radius 3 is 2.75 bits per heavy atom. The van der Waals surface area contributed by atoms with E-state index in [1.165, 1.54) is 30.4 Å². The molecule has 1 aliphatic carbocycles. The van der Waals surface area contributed by atoms with Crippen molar-refractivity contribution < 1.29 is 4.42 Å². The predicted molar refractivity (Wildman–Crippen MR) is 110 cm³/mol. The minimum atomic E-state index is 0.308. The van der Waals surface area contributed by atoms with Gasteiger partial charge in [-0.2, -0.15) is 0 Å². The smallest absolute Gasteiger partial charge is 0.117 e. The minimum Gasteiger partial charge on any atom is -0.468 e. The summed E-state index contributed by atoms with van der Waals surface area (Å²) in [5.74, 6) is 1.00. The number of aromatic nitrogens is 1. The van der Waals surface area contributed by atoms with Crippen LogP contribution in [-0.2, 0) is 18.5 Å². The van der Waals surface area contributed by atoms with Crippen molar-refractivity contribution in [3.05, 3.63) is 89.6 Å². The number of pyridine rings is 1. The van der Waals surface area contributed by atoms with E-state index in [9.17, 15) is 0 Å². The lowest BCUT2D eigenvalue weighted by atomic mass is 9.73. The predicted octanol–water partition coefficient (Wildman–Crippen LogP) is 4.44. The lowest BCUT2D eigenvalue weighted by Crippen LogP contribution is -2.41. The molecule has 144 valence electrons.